The first-order valence-electron chi connectivity index (χ1n) is 2.42. The summed E-state index contributed by atoms with van der Waals surface area (Å²) in [6.45, 7) is 2.24. The normalized spacial score (nSPS) is 28.4. The fourth-order valence-corrected chi connectivity index (χ4v) is 0.527. The van der Waals surface area contributed by atoms with E-state index in [0.29, 0.717) is 6.61 Å². The molecule has 0 aromatic heterocycles. The smallest absolute Gasteiger partial charge is 0.396 e. The van der Waals surface area contributed by atoms with Crippen LogP contribution in [0.15, 0.2) is 0 Å². The largest absolute Gasteiger partial charge is 0.448 e. The van der Waals surface area contributed by atoms with Gasteiger partial charge in [-0.1, -0.05) is 0 Å². The van der Waals surface area contributed by atoms with Crippen LogP contribution in [0.1, 0.15) is 6.92 Å². The van der Waals surface area contributed by atoms with E-state index in [1.165, 1.54) is 0 Å². The van der Waals surface area contributed by atoms with E-state index in [4.69, 9.17) is 7.98 Å². The lowest BCUT2D eigenvalue weighted by Crippen LogP contribution is -2.27. The Morgan fingerprint density at radius 1 is 2.00 bits per heavy atom. The van der Waals surface area contributed by atoms with E-state index in [9.17, 15) is 4.79 Å². The fraction of sp³-hybridized carbons (Fsp3) is 0.750. The molecule has 1 saturated heterocycles. The predicted octanol–water partition coefficient (Wildman–Crippen LogP) is -0.0894. The van der Waals surface area contributed by atoms with Crippen molar-refractivity contribution in [2.75, 3.05) is 6.61 Å². The number of amides is 1. The molecule has 8 heavy (non-hydrogen) atoms. The fourth-order valence-electron chi connectivity index (χ4n) is 0.527. The van der Waals surface area contributed by atoms with Gasteiger partial charge in [-0.05, 0) is 6.92 Å². The molecule has 1 aliphatic heterocycles. The van der Waals surface area contributed by atoms with Crippen molar-refractivity contribution < 1.29 is 9.53 Å². The molecule has 42 valence electrons. The second kappa shape index (κ2) is 1.69. The Kier molecular flexibility index (Phi) is 1.15. The van der Waals surface area contributed by atoms with Gasteiger partial charge < -0.3 is 9.55 Å². The Morgan fingerprint density at radius 2 is 2.62 bits per heavy atom. The summed E-state index contributed by atoms with van der Waals surface area (Å²) in [4.78, 5) is 11.4. The minimum absolute atomic E-state index is 0.0301. The lowest BCUT2D eigenvalue weighted by molar-refractivity contribution is 0.170. The van der Waals surface area contributed by atoms with Gasteiger partial charge in [-0.2, -0.15) is 0 Å². The average Bonchev–Trinajstić information content (AvgIpc) is 1.98. The molecule has 0 aliphatic carbocycles. The van der Waals surface area contributed by atoms with E-state index in [-0.39, 0.29) is 6.04 Å². The lowest BCUT2D eigenvalue weighted by Gasteiger charge is -2.08. The van der Waals surface area contributed by atoms with Gasteiger partial charge in [0, 0.05) is 0 Å². The highest BCUT2D eigenvalue weighted by molar-refractivity contribution is 6.13. The Morgan fingerprint density at radius 3 is 2.75 bits per heavy atom. The predicted molar refractivity (Wildman–Crippen MR) is 28.4 cm³/mol. The first-order chi connectivity index (χ1) is 3.72. The summed E-state index contributed by atoms with van der Waals surface area (Å²) in [7, 11) is 5.18. The van der Waals surface area contributed by atoms with E-state index in [1.54, 1.807) is 0 Å². The SMILES string of the molecule is [B]N1C(=O)OCC1C. The van der Waals surface area contributed by atoms with Crippen LogP contribution < -0.4 is 0 Å². The van der Waals surface area contributed by atoms with Crippen LogP contribution >= 0.6 is 0 Å². The van der Waals surface area contributed by atoms with Crippen LogP contribution in [0.25, 0.3) is 0 Å². The highest BCUT2D eigenvalue weighted by Crippen LogP contribution is 2.06. The number of carbonyl (C=O) groups is 1. The molecule has 1 atom stereocenters. The number of hydrogen-bond acceptors (Lipinski definition) is 2. The van der Waals surface area contributed by atoms with Crippen LogP contribution in [0, 0.1) is 0 Å². The third-order valence-electron chi connectivity index (χ3n) is 1.13. The minimum Gasteiger partial charge on any atom is -0.448 e. The van der Waals surface area contributed by atoms with Crippen LogP contribution in [0.4, 0.5) is 4.79 Å². The van der Waals surface area contributed by atoms with Crippen LogP contribution in [0.5, 0.6) is 0 Å². The van der Waals surface area contributed by atoms with Gasteiger partial charge in [0.15, 0.2) is 0 Å². The average molecular weight is 111 g/mol. The number of nitrogens with zero attached hydrogens (tertiary/aromatic N) is 1. The van der Waals surface area contributed by atoms with Gasteiger partial charge in [-0.15, -0.1) is 0 Å². The van der Waals surface area contributed by atoms with Crippen LogP contribution in [0.2, 0.25) is 0 Å². The number of carbonyl (C=O) groups excluding carboxylic acids is 1. The zero-order chi connectivity index (χ0) is 6.15. The Labute approximate surface area is 49.0 Å². The topological polar surface area (TPSA) is 29.5 Å². The first-order valence-corrected chi connectivity index (χ1v) is 2.42. The molecule has 0 saturated carbocycles. The van der Waals surface area contributed by atoms with Gasteiger partial charge in [0.2, 0.25) is 7.98 Å². The van der Waals surface area contributed by atoms with Gasteiger partial charge in [-0.25, -0.2) is 4.79 Å². The van der Waals surface area contributed by atoms with E-state index >= 15 is 0 Å². The summed E-state index contributed by atoms with van der Waals surface area (Å²) in [6, 6.07) is 0.0301. The molecular formula is C4H6BNO2. The molecule has 1 aliphatic rings. The highest BCUT2D eigenvalue weighted by atomic mass is 16.6. The van der Waals surface area contributed by atoms with Crippen LogP contribution in [-0.4, -0.2) is 31.5 Å². The van der Waals surface area contributed by atoms with Gasteiger partial charge in [0.1, 0.15) is 6.61 Å². The molecular weight excluding hydrogens is 105 g/mol. The number of hydrogen-bond donors (Lipinski definition) is 0. The first kappa shape index (κ1) is 5.47. The van der Waals surface area contributed by atoms with Gasteiger partial charge in [0.25, 0.3) is 0 Å². The van der Waals surface area contributed by atoms with Crippen molar-refractivity contribution in [3.63, 3.8) is 0 Å². The third kappa shape index (κ3) is 0.659. The highest BCUT2D eigenvalue weighted by Gasteiger charge is 2.23. The molecule has 2 radical (unpaired) electrons. The molecule has 0 aromatic carbocycles. The van der Waals surface area contributed by atoms with E-state index in [0.717, 1.165) is 4.81 Å². The molecule has 0 spiro atoms. The summed E-state index contributed by atoms with van der Waals surface area (Å²) in [6.07, 6.45) is -0.433. The maximum Gasteiger partial charge on any atom is 0.396 e. The van der Waals surface area contributed by atoms with Gasteiger partial charge >= 0.3 is 6.09 Å². The van der Waals surface area contributed by atoms with Crippen molar-refractivity contribution in [2.45, 2.75) is 13.0 Å². The quantitative estimate of drug-likeness (QED) is 0.409. The monoisotopic (exact) mass is 111 g/mol. The second-order valence-corrected chi connectivity index (χ2v) is 1.83. The Hall–Kier alpha value is -0.665. The molecule has 1 unspecified atom stereocenters. The standard InChI is InChI=1S/C4H6BNO2/c1-3-2-8-4(7)6(3)5/h3H,2H2,1H3. The summed E-state index contributed by atoms with van der Waals surface area (Å²) >= 11 is 0. The molecule has 4 heteroatoms. The van der Waals surface area contributed by atoms with Crippen molar-refractivity contribution in [1.29, 1.82) is 0 Å². The van der Waals surface area contributed by atoms with E-state index in [1.807, 2.05) is 6.92 Å². The summed E-state index contributed by atoms with van der Waals surface area (Å²) in [5, 5.41) is 0. The lowest BCUT2D eigenvalue weighted by atomic mass is 10.2. The summed E-state index contributed by atoms with van der Waals surface area (Å²) in [5.74, 6) is 0. The maximum atomic E-state index is 10.4. The van der Waals surface area contributed by atoms with Crippen molar-refractivity contribution >= 4 is 14.1 Å². The van der Waals surface area contributed by atoms with Crippen molar-refractivity contribution in [2.24, 2.45) is 0 Å². The third-order valence-corrected chi connectivity index (χ3v) is 1.13. The van der Waals surface area contributed by atoms with Crippen molar-refractivity contribution in [3.05, 3.63) is 0 Å². The second-order valence-electron chi connectivity index (χ2n) is 1.83. The van der Waals surface area contributed by atoms with E-state index < -0.39 is 6.09 Å². The summed E-state index contributed by atoms with van der Waals surface area (Å²) in [5.41, 5.74) is 0. The van der Waals surface area contributed by atoms with Crippen LogP contribution in [-0.2, 0) is 4.74 Å². The van der Waals surface area contributed by atoms with Crippen molar-refractivity contribution in [1.82, 2.24) is 4.81 Å². The number of ether oxygens (including phenoxy) is 1. The van der Waals surface area contributed by atoms with Crippen LogP contribution in [0.3, 0.4) is 0 Å². The maximum absolute atomic E-state index is 10.4. The van der Waals surface area contributed by atoms with Crippen molar-refractivity contribution in [3.8, 4) is 0 Å². The zero-order valence-corrected chi connectivity index (χ0v) is 4.63. The minimum atomic E-state index is -0.433. The number of rotatable bonds is 0. The van der Waals surface area contributed by atoms with Gasteiger partial charge in [0.05, 0.1) is 6.04 Å². The molecule has 1 heterocycles. The number of cyclic esters (lactones) is 1. The molecule has 1 rings (SSSR count). The molecule has 1 fully saturated rings. The molecule has 0 bridgehead atoms. The molecule has 3 nitrogen and oxygen atoms in total. The molecule has 1 amide bonds. The summed E-state index contributed by atoms with van der Waals surface area (Å²) < 4.78 is 4.54. The Bertz CT molecular complexity index is 117. The zero-order valence-electron chi connectivity index (χ0n) is 4.63. The van der Waals surface area contributed by atoms with E-state index in [2.05, 4.69) is 4.74 Å². The van der Waals surface area contributed by atoms with Gasteiger partial charge in [-0.3, -0.25) is 0 Å². The molecule has 0 N–H and O–H groups in total. The Balaban J connectivity index is 2.56. The molecule has 0 aromatic rings.